The molecule has 1 saturated heterocycles. The quantitative estimate of drug-likeness (QED) is 0.812. The third-order valence-corrected chi connectivity index (χ3v) is 3.08. The molecule has 0 aliphatic carbocycles. The van der Waals surface area contributed by atoms with Gasteiger partial charge in [0, 0.05) is 26.8 Å². The third-order valence-electron chi connectivity index (χ3n) is 2.88. The Morgan fingerprint density at radius 2 is 2.41 bits per heavy atom. The summed E-state index contributed by atoms with van der Waals surface area (Å²) in [5, 5.41) is 0.448. The average molecular weight is 260 g/mol. The SMILES string of the molecule is COCC[C@H]1CN(Cc2ccc(Cl)o2)CCO1. The van der Waals surface area contributed by atoms with Crippen LogP contribution in [0.5, 0.6) is 0 Å². The molecule has 0 unspecified atom stereocenters. The van der Waals surface area contributed by atoms with Gasteiger partial charge in [-0.05, 0) is 30.2 Å². The number of furan rings is 1. The van der Waals surface area contributed by atoms with Crippen molar-refractivity contribution in [1.29, 1.82) is 0 Å². The van der Waals surface area contributed by atoms with Crippen LogP contribution in [-0.4, -0.2) is 44.4 Å². The number of morpholine rings is 1. The van der Waals surface area contributed by atoms with E-state index in [1.165, 1.54) is 0 Å². The van der Waals surface area contributed by atoms with E-state index in [1.54, 1.807) is 13.2 Å². The van der Waals surface area contributed by atoms with Gasteiger partial charge >= 0.3 is 0 Å². The molecule has 96 valence electrons. The van der Waals surface area contributed by atoms with Crippen LogP contribution in [0.25, 0.3) is 0 Å². The molecule has 1 fully saturated rings. The van der Waals surface area contributed by atoms with Crippen molar-refractivity contribution in [3.8, 4) is 0 Å². The maximum Gasteiger partial charge on any atom is 0.193 e. The summed E-state index contributed by atoms with van der Waals surface area (Å²) in [6, 6.07) is 3.70. The van der Waals surface area contributed by atoms with Crippen LogP contribution in [0.4, 0.5) is 0 Å². The zero-order chi connectivity index (χ0) is 12.1. The summed E-state index contributed by atoms with van der Waals surface area (Å²) in [5.74, 6) is 0.905. The van der Waals surface area contributed by atoms with E-state index in [-0.39, 0.29) is 6.10 Å². The van der Waals surface area contributed by atoms with Gasteiger partial charge in [-0.25, -0.2) is 0 Å². The molecule has 0 spiro atoms. The molecule has 1 aromatic rings. The number of hydrogen-bond acceptors (Lipinski definition) is 4. The molecule has 0 radical (unpaired) electrons. The summed E-state index contributed by atoms with van der Waals surface area (Å²) in [7, 11) is 1.71. The second-order valence-electron chi connectivity index (χ2n) is 4.22. The largest absolute Gasteiger partial charge is 0.448 e. The van der Waals surface area contributed by atoms with E-state index in [0.29, 0.717) is 5.22 Å². The molecule has 0 aromatic carbocycles. The lowest BCUT2D eigenvalue weighted by Gasteiger charge is -2.32. The van der Waals surface area contributed by atoms with E-state index in [0.717, 1.165) is 45.0 Å². The van der Waals surface area contributed by atoms with E-state index in [1.807, 2.05) is 6.07 Å². The Hall–Kier alpha value is -0.550. The highest BCUT2D eigenvalue weighted by molar-refractivity contribution is 6.28. The van der Waals surface area contributed by atoms with Crippen molar-refractivity contribution in [2.24, 2.45) is 0 Å². The Morgan fingerprint density at radius 1 is 1.53 bits per heavy atom. The second kappa shape index (κ2) is 6.40. The molecule has 0 N–H and O–H groups in total. The molecule has 5 heteroatoms. The van der Waals surface area contributed by atoms with E-state index < -0.39 is 0 Å². The summed E-state index contributed by atoms with van der Waals surface area (Å²) in [5.41, 5.74) is 0. The number of nitrogens with zero attached hydrogens (tertiary/aromatic N) is 1. The molecule has 1 aliphatic rings. The molecule has 17 heavy (non-hydrogen) atoms. The van der Waals surface area contributed by atoms with Gasteiger partial charge in [-0.15, -0.1) is 0 Å². The van der Waals surface area contributed by atoms with E-state index in [2.05, 4.69) is 4.90 Å². The van der Waals surface area contributed by atoms with Gasteiger partial charge in [-0.3, -0.25) is 4.90 Å². The molecule has 2 heterocycles. The predicted octanol–water partition coefficient (Wildman–Crippen LogP) is 2.17. The number of hydrogen-bond donors (Lipinski definition) is 0. The first-order valence-electron chi connectivity index (χ1n) is 5.85. The Kier molecular flexibility index (Phi) is 4.86. The summed E-state index contributed by atoms with van der Waals surface area (Å²) >= 11 is 5.75. The summed E-state index contributed by atoms with van der Waals surface area (Å²) < 4.78 is 16.1. The third kappa shape index (κ3) is 4.00. The minimum atomic E-state index is 0.258. The summed E-state index contributed by atoms with van der Waals surface area (Å²) in [6.45, 7) is 4.15. The van der Waals surface area contributed by atoms with Gasteiger partial charge in [0.15, 0.2) is 5.22 Å². The van der Waals surface area contributed by atoms with Crippen molar-refractivity contribution in [3.05, 3.63) is 23.1 Å². The van der Waals surface area contributed by atoms with Crippen molar-refractivity contribution >= 4 is 11.6 Å². The molecule has 1 aliphatic heterocycles. The van der Waals surface area contributed by atoms with Gasteiger partial charge in [0.05, 0.1) is 19.3 Å². The first kappa shape index (κ1) is 12.9. The minimum absolute atomic E-state index is 0.258. The van der Waals surface area contributed by atoms with Crippen molar-refractivity contribution in [1.82, 2.24) is 4.90 Å². The van der Waals surface area contributed by atoms with Crippen molar-refractivity contribution in [2.75, 3.05) is 33.4 Å². The molecule has 1 atom stereocenters. The van der Waals surface area contributed by atoms with Crippen LogP contribution in [0.1, 0.15) is 12.2 Å². The van der Waals surface area contributed by atoms with Crippen LogP contribution < -0.4 is 0 Å². The maximum absolute atomic E-state index is 5.75. The highest BCUT2D eigenvalue weighted by Gasteiger charge is 2.20. The lowest BCUT2D eigenvalue weighted by atomic mass is 10.2. The lowest BCUT2D eigenvalue weighted by molar-refractivity contribution is -0.0447. The fourth-order valence-electron chi connectivity index (χ4n) is 2.01. The minimum Gasteiger partial charge on any atom is -0.448 e. The van der Waals surface area contributed by atoms with Crippen molar-refractivity contribution in [2.45, 2.75) is 19.1 Å². The van der Waals surface area contributed by atoms with Gasteiger partial charge in [0.25, 0.3) is 0 Å². The van der Waals surface area contributed by atoms with E-state index >= 15 is 0 Å². The van der Waals surface area contributed by atoms with Crippen molar-refractivity contribution in [3.63, 3.8) is 0 Å². The van der Waals surface area contributed by atoms with Crippen molar-refractivity contribution < 1.29 is 13.9 Å². The van der Waals surface area contributed by atoms with Crippen LogP contribution in [0.2, 0.25) is 5.22 Å². The molecular weight excluding hydrogens is 242 g/mol. The zero-order valence-electron chi connectivity index (χ0n) is 10.0. The standard InChI is InChI=1S/C12H18ClNO3/c1-15-6-4-10-8-14(5-7-16-10)9-11-2-3-12(13)17-11/h2-3,10H,4-9H2,1H3/t10-/m0/s1. The van der Waals surface area contributed by atoms with Gasteiger partial charge < -0.3 is 13.9 Å². The molecular formula is C12H18ClNO3. The zero-order valence-corrected chi connectivity index (χ0v) is 10.8. The van der Waals surface area contributed by atoms with Crippen LogP contribution in [0.3, 0.4) is 0 Å². The smallest absolute Gasteiger partial charge is 0.193 e. The van der Waals surface area contributed by atoms with Gasteiger partial charge in [-0.1, -0.05) is 0 Å². The molecule has 0 bridgehead atoms. The Morgan fingerprint density at radius 3 is 3.12 bits per heavy atom. The van der Waals surface area contributed by atoms with Gasteiger partial charge in [0.2, 0.25) is 0 Å². The normalized spacial score (nSPS) is 21.9. The monoisotopic (exact) mass is 259 g/mol. The van der Waals surface area contributed by atoms with Gasteiger partial charge in [0.1, 0.15) is 5.76 Å². The second-order valence-corrected chi connectivity index (χ2v) is 4.59. The molecule has 0 amide bonds. The topological polar surface area (TPSA) is 34.8 Å². The number of rotatable bonds is 5. The molecule has 0 saturated carbocycles. The number of methoxy groups -OCH3 is 1. The fraction of sp³-hybridized carbons (Fsp3) is 0.667. The van der Waals surface area contributed by atoms with Crippen LogP contribution in [-0.2, 0) is 16.0 Å². The molecule has 1 aromatic heterocycles. The maximum atomic E-state index is 5.75. The molecule has 4 nitrogen and oxygen atoms in total. The molecule has 2 rings (SSSR count). The Balaban J connectivity index is 1.80. The fourth-order valence-corrected chi connectivity index (χ4v) is 2.17. The summed E-state index contributed by atoms with van der Waals surface area (Å²) in [4.78, 5) is 2.32. The number of ether oxygens (including phenoxy) is 2. The van der Waals surface area contributed by atoms with Gasteiger partial charge in [-0.2, -0.15) is 0 Å². The first-order chi connectivity index (χ1) is 8.28. The summed E-state index contributed by atoms with van der Waals surface area (Å²) in [6.07, 6.45) is 1.19. The highest BCUT2D eigenvalue weighted by atomic mass is 35.5. The van der Waals surface area contributed by atoms with E-state index in [4.69, 9.17) is 25.5 Å². The number of halogens is 1. The predicted molar refractivity (Wildman–Crippen MR) is 65.2 cm³/mol. The highest BCUT2D eigenvalue weighted by Crippen LogP contribution is 2.17. The Labute approximate surface area is 106 Å². The van der Waals surface area contributed by atoms with Crippen LogP contribution in [0.15, 0.2) is 16.5 Å². The average Bonchev–Trinajstić information content (AvgIpc) is 2.73. The lowest BCUT2D eigenvalue weighted by Crippen LogP contribution is -2.42. The van der Waals surface area contributed by atoms with Crippen LogP contribution in [0, 0.1) is 0 Å². The van der Waals surface area contributed by atoms with E-state index in [9.17, 15) is 0 Å². The Bertz CT molecular complexity index is 342. The first-order valence-corrected chi connectivity index (χ1v) is 6.23. The van der Waals surface area contributed by atoms with Crippen LogP contribution >= 0.6 is 11.6 Å².